The van der Waals surface area contributed by atoms with Gasteiger partial charge in [0.15, 0.2) is 0 Å². The highest BCUT2D eigenvalue weighted by Gasteiger charge is 2.07. The second-order valence-corrected chi connectivity index (χ2v) is 5.64. The molecule has 0 spiro atoms. The zero-order valence-electron chi connectivity index (χ0n) is 14.0. The van der Waals surface area contributed by atoms with Gasteiger partial charge < -0.3 is 9.47 Å². The van der Waals surface area contributed by atoms with Gasteiger partial charge in [0.05, 0.1) is 19.0 Å². The van der Waals surface area contributed by atoms with Crippen molar-refractivity contribution in [3.05, 3.63) is 72.8 Å². The van der Waals surface area contributed by atoms with Crippen molar-refractivity contribution in [2.75, 3.05) is 7.11 Å². The molecule has 0 atom stereocenters. The molecule has 0 amide bonds. The molecule has 0 aliphatic rings. The van der Waals surface area contributed by atoms with E-state index in [-0.39, 0.29) is 12.4 Å². The van der Waals surface area contributed by atoms with E-state index in [0.717, 1.165) is 16.8 Å². The van der Waals surface area contributed by atoms with Crippen molar-refractivity contribution in [1.82, 2.24) is 19.4 Å². The number of hydrogen-bond acceptors (Lipinski definition) is 5. The minimum atomic E-state index is -0.297. The standard InChI is InChI=1S/C19H15FN4O2/c1-25-18-6-13(7-21-9-18)14-8-22-19-23-16(11-24(19)10-14)12-26-17-4-2-15(20)3-5-17/h2-11H,12H2,1H3. The molecule has 0 N–H and O–H groups in total. The zero-order chi connectivity index (χ0) is 17.9. The van der Waals surface area contributed by atoms with Gasteiger partial charge in [0.1, 0.15) is 23.9 Å². The van der Waals surface area contributed by atoms with E-state index >= 15 is 0 Å². The van der Waals surface area contributed by atoms with Crippen molar-refractivity contribution in [1.29, 1.82) is 0 Å². The first-order valence-corrected chi connectivity index (χ1v) is 7.93. The molecule has 3 heterocycles. The molecule has 0 saturated heterocycles. The fraction of sp³-hybridized carbons (Fsp3) is 0.105. The summed E-state index contributed by atoms with van der Waals surface area (Å²) < 4.78 is 25.6. The number of aromatic nitrogens is 4. The van der Waals surface area contributed by atoms with Crippen LogP contribution in [0.15, 0.2) is 61.3 Å². The predicted molar refractivity (Wildman–Crippen MR) is 93.5 cm³/mol. The Morgan fingerprint density at radius 3 is 2.65 bits per heavy atom. The summed E-state index contributed by atoms with van der Waals surface area (Å²) in [5.41, 5.74) is 2.52. The Labute approximate surface area is 148 Å². The summed E-state index contributed by atoms with van der Waals surface area (Å²) in [6, 6.07) is 7.77. The highest BCUT2D eigenvalue weighted by Crippen LogP contribution is 2.22. The van der Waals surface area contributed by atoms with E-state index < -0.39 is 0 Å². The molecule has 1 aromatic carbocycles. The van der Waals surface area contributed by atoms with Gasteiger partial charge in [-0.3, -0.25) is 9.38 Å². The van der Waals surface area contributed by atoms with Crippen LogP contribution in [0.4, 0.5) is 4.39 Å². The Bertz CT molecular complexity index is 1050. The molecule has 0 saturated carbocycles. The average molecular weight is 350 g/mol. The Balaban J connectivity index is 1.56. The van der Waals surface area contributed by atoms with E-state index in [1.165, 1.54) is 12.1 Å². The zero-order valence-corrected chi connectivity index (χ0v) is 14.0. The van der Waals surface area contributed by atoms with Crippen LogP contribution < -0.4 is 9.47 Å². The summed E-state index contributed by atoms with van der Waals surface area (Å²) in [5.74, 6) is 1.54. The first-order valence-electron chi connectivity index (χ1n) is 7.93. The number of fused-ring (bicyclic) bond motifs is 1. The lowest BCUT2D eigenvalue weighted by Crippen LogP contribution is -1.95. The SMILES string of the molecule is COc1cncc(-c2cnc3nc(COc4ccc(F)cc4)cn3c2)c1. The van der Waals surface area contributed by atoms with E-state index in [4.69, 9.17) is 9.47 Å². The number of rotatable bonds is 5. The van der Waals surface area contributed by atoms with Crippen molar-refractivity contribution < 1.29 is 13.9 Å². The van der Waals surface area contributed by atoms with Gasteiger partial charge in [-0.2, -0.15) is 0 Å². The molecule has 4 aromatic rings. The Morgan fingerprint density at radius 1 is 1.00 bits per heavy atom. The molecule has 4 rings (SSSR count). The predicted octanol–water partition coefficient (Wildman–Crippen LogP) is 3.52. The molecule has 0 bridgehead atoms. The number of ether oxygens (including phenoxy) is 2. The van der Waals surface area contributed by atoms with Crippen molar-refractivity contribution in [3.8, 4) is 22.6 Å². The monoisotopic (exact) mass is 350 g/mol. The lowest BCUT2D eigenvalue weighted by molar-refractivity contribution is 0.301. The number of benzene rings is 1. The number of nitrogens with zero attached hydrogens (tertiary/aromatic N) is 4. The molecule has 3 aromatic heterocycles. The maximum Gasteiger partial charge on any atom is 0.234 e. The maximum atomic E-state index is 12.9. The number of hydrogen-bond donors (Lipinski definition) is 0. The summed E-state index contributed by atoms with van der Waals surface area (Å²) in [7, 11) is 1.60. The normalized spacial score (nSPS) is 10.8. The van der Waals surface area contributed by atoms with Crippen molar-refractivity contribution >= 4 is 5.78 Å². The lowest BCUT2D eigenvalue weighted by atomic mass is 10.1. The van der Waals surface area contributed by atoms with E-state index in [9.17, 15) is 4.39 Å². The molecule has 26 heavy (non-hydrogen) atoms. The van der Waals surface area contributed by atoms with Gasteiger partial charge in [0.2, 0.25) is 5.78 Å². The van der Waals surface area contributed by atoms with Gasteiger partial charge in [-0.1, -0.05) is 0 Å². The first-order chi connectivity index (χ1) is 12.7. The summed E-state index contributed by atoms with van der Waals surface area (Å²) in [6.07, 6.45) is 8.91. The molecule has 7 heteroatoms. The summed E-state index contributed by atoms with van der Waals surface area (Å²) in [5, 5.41) is 0. The summed E-state index contributed by atoms with van der Waals surface area (Å²) in [4.78, 5) is 13.0. The van der Waals surface area contributed by atoms with Crippen LogP contribution in [0.1, 0.15) is 5.69 Å². The number of methoxy groups -OCH3 is 1. The first kappa shape index (κ1) is 16.0. The molecule has 6 nitrogen and oxygen atoms in total. The van der Waals surface area contributed by atoms with Crippen LogP contribution in [-0.4, -0.2) is 26.5 Å². The summed E-state index contributed by atoms with van der Waals surface area (Å²) >= 11 is 0. The van der Waals surface area contributed by atoms with Gasteiger partial charge in [-0.05, 0) is 30.3 Å². The molecular formula is C19H15FN4O2. The van der Waals surface area contributed by atoms with E-state index in [1.54, 1.807) is 37.8 Å². The summed E-state index contributed by atoms with van der Waals surface area (Å²) in [6.45, 7) is 0.269. The highest BCUT2D eigenvalue weighted by atomic mass is 19.1. The van der Waals surface area contributed by atoms with Crippen molar-refractivity contribution in [3.63, 3.8) is 0 Å². The second kappa shape index (κ2) is 6.79. The Kier molecular flexibility index (Phi) is 4.18. The van der Waals surface area contributed by atoms with Crippen LogP contribution in [-0.2, 0) is 6.61 Å². The number of imidazole rings is 1. The van der Waals surface area contributed by atoms with E-state index in [1.807, 2.05) is 22.9 Å². The molecule has 0 unspecified atom stereocenters. The van der Waals surface area contributed by atoms with Crippen LogP contribution in [0.5, 0.6) is 11.5 Å². The van der Waals surface area contributed by atoms with Gasteiger partial charge in [-0.25, -0.2) is 14.4 Å². The number of pyridine rings is 1. The van der Waals surface area contributed by atoms with Gasteiger partial charge in [0, 0.05) is 35.9 Å². The van der Waals surface area contributed by atoms with E-state index in [0.29, 0.717) is 17.3 Å². The Hall–Kier alpha value is -3.48. The third-order valence-electron chi connectivity index (χ3n) is 3.84. The smallest absolute Gasteiger partial charge is 0.234 e. The molecule has 0 aliphatic carbocycles. The fourth-order valence-corrected chi connectivity index (χ4v) is 2.53. The Morgan fingerprint density at radius 2 is 1.85 bits per heavy atom. The molecule has 0 aliphatic heterocycles. The van der Waals surface area contributed by atoms with E-state index in [2.05, 4.69) is 15.0 Å². The average Bonchev–Trinajstić information content (AvgIpc) is 3.09. The van der Waals surface area contributed by atoms with Crippen LogP contribution in [0.3, 0.4) is 0 Å². The highest BCUT2D eigenvalue weighted by molar-refractivity contribution is 5.63. The molecule has 0 fully saturated rings. The van der Waals surface area contributed by atoms with Crippen LogP contribution in [0, 0.1) is 5.82 Å². The van der Waals surface area contributed by atoms with Crippen molar-refractivity contribution in [2.24, 2.45) is 0 Å². The third kappa shape index (κ3) is 3.32. The molecule has 130 valence electrons. The second-order valence-electron chi connectivity index (χ2n) is 5.64. The van der Waals surface area contributed by atoms with Gasteiger partial charge >= 0.3 is 0 Å². The van der Waals surface area contributed by atoms with Gasteiger partial charge in [0.25, 0.3) is 0 Å². The largest absolute Gasteiger partial charge is 0.495 e. The minimum absolute atomic E-state index is 0.269. The van der Waals surface area contributed by atoms with Crippen LogP contribution in [0.2, 0.25) is 0 Å². The van der Waals surface area contributed by atoms with Crippen LogP contribution in [0.25, 0.3) is 16.9 Å². The molecular weight excluding hydrogens is 335 g/mol. The topological polar surface area (TPSA) is 61.5 Å². The maximum absolute atomic E-state index is 12.9. The van der Waals surface area contributed by atoms with Crippen LogP contribution >= 0.6 is 0 Å². The third-order valence-corrected chi connectivity index (χ3v) is 3.84. The fourth-order valence-electron chi connectivity index (χ4n) is 2.53. The molecule has 0 radical (unpaired) electrons. The lowest BCUT2D eigenvalue weighted by Gasteiger charge is -2.04. The quantitative estimate of drug-likeness (QED) is 0.551. The number of halogens is 1. The minimum Gasteiger partial charge on any atom is -0.495 e. The van der Waals surface area contributed by atoms with Crippen molar-refractivity contribution in [2.45, 2.75) is 6.61 Å². The van der Waals surface area contributed by atoms with Gasteiger partial charge in [-0.15, -0.1) is 0 Å².